The molecule has 3 nitrogen and oxygen atoms in total. The molecule has 112 valence electrons. The van der Waals surface area contributed by atoms with E-state index in [0.717, 1.165) is 5.56 Å². The molecule has 0 saturated heterocycles. The standard InChI is InChI=1S/C18H23NO2/c1-18(14-20,17-10-4-3-5-11-17)19-12-15-8-6-7-9-16(15)13-21-2/h3-11,19-20H,12-14H2,1-2H3. The smallest absolute Gasteiger partial charge is 0.0716 e. The highest BCUT2D eigenvalue weighted by Crippen LogP contribution is 2.21. The Morgan fingerprint density at radius 2 is 1.62 bits per heavy atom. The average Bonchev–Trinajstić information content (AvgIpc) is 2.55. The van der Waals surface area contributed by atoms with E-state index in [9.17, 15) is 5.11 Å². The van der Waals surface area contributed by atoms with Gasteiger partial charge in [0.2, 0.25) is 0 Å². The minimum Gasteiger partial charge on any atom is -0.394 e. The van der Waals surface area contributed by atoms with Crippen LogP contribution in [0.5, 0.6) is 0 Å². The van der Waals surface area contributed by atoms with Gasteiger partial charge in [-0.15, -0.1) is 0 Å². The van der Waals surface area contributed by atoms with Crippen LogP contribution in [-0.4, -0.2) is 18.8 Å². The van der Waals surface area contributed by atoms with Gasteiger partial charge < -0.3 is 15.2 Å². The molecule has 0 saturated carbocycles. The number of hydrogen-bond donors (Lipinski definition) is 2. The van der Waals surface area contributed by atoms with E-state index in [0.29, 0.717) is 13.2 Å². The fraction of sp³-hybridized carbons (Fsp3) is 0.333. The van der Waals surface area contributed by atoms with Crippen LogP contribution in [0.4, 0.5) is 0 Å². The lowest BCUT2D eigenvalue weighted by molar-refractivity contribution is 0.171. The molecule has 0 fully saturated rings. The Hall–Kier alpha value is -1.68. The Morgan fingerprint density at radius 3 is 2.24 bits per heavy atom. The summed E-state index contributed by atoms with van der Waals surface area (Å²) < 4.78 is 5.23. The first-order chi connectivity index (χ1) is 10.2. The van der Waals surface area contributed by atoms with E-state index in [2.05, 4.69) is 17.4 Å². The topological polar surface area (TPSA) is 41.5 Å². The van der Waals surface area contributed by atoms with Crippen molar-refractivity contribution >= 4 is 0 Å². The molecule has 0 bridgehead atoms. The lowest BCUT2D eigenvalue weighted by Crippen LogP contribution is -2.42. The average molecular weight is 285 g/mol. The quantitative estimate of drug-likeness (QED) is 0.822. The molecule has 0 radical (unpaired) electrons. The SMILES string of the molecule is COCc1ccccc1CNC(C)(CO)c1ccccc1. The Balaban J connectivity index is 2.14. The van der Waals surface area contributed by atoms with Crippen molar-refractivity contribution in [2.45, 2.75) is 25.6 Å². The lowest BCUT2D eigenvalue weighted by atomic mass is 9.92. The Morgan fingerprint density at radius 1 is 1.00 bits per heavy atom. The van der Waals surface area contributed by atoms with Crippen molar-refractivity contribution < 1.29 is 9.84 Å². The lowest BCUT2D eigenvalue weighted by Gasteiger charge is -2.30. The summed E-state index contributed by atoms with van der Waals surface area (Å²) in [6.07, 6.45) is 0. The van der Waals surface area contributed by atoms with Gasteiger partial charge in [-0.3, -0.25) is 0 Å². The van der Waals surface area contributed by atoms with Crippen molar-refractivity contribution in [2.24, 2.45) is 0 Å². The van der Waals surface area contributed by atoms with Crippen LogP contribution >= 0.6 is 0 Å². The van der Waals surface area contributed by atoms with Crippen molar-refractivity contribution in [3.63, 3.8) is 0 Å². The highest BCUT2D eigenvalue weighted by molar-refractivity contribution is 5.28. The summed E-state index contributed by atoms with van der Waals surface area (Å²) in [6, 6.07) is 18.2. The fourth-order valence-corrected chi connectivity index (χ4v) is 2.37. The van der Waals surface area contributed by atoms with Crippen molar-refractivity contribution in [2.75, 3.05) is 13.7 Å². The van der Waals surface area contributed by atoms with Crippen LogP contribution in [0.1, 0.15) is 23.6 Å². The van der Waals surface area contributed by atoms with Gasteiger partial charge in [0.1, 0.15) is 0 Å². The third-order valence-corrected chi connectivity index (χ3v) is 3.81. The second kappa shape index (κ2) is 7.36. The Kier molecular flexibility index (Phi) is 5.51. The predicted octanol–water partition coefficient (Wildman–Crippen LogP) is 2.83. The molecular weight excluding hydrogens is 262 g/mol. The monoisotopic (exact) mass is 285 g/mol. The minimum absolute atomic E-state index is 0.0451. The van der Waals surface area contributed by atoms with E-state index >= 15 is 0 Å². The zero-order valence-electron chi connectivity index (χ0n) is 12.7. The molecule has 2 rings (SSSR count). The van der Waals surface area contributed by atoms with E-state index < -0.39 is 5.54 Å². The summed E-state index contributed by atoms with van der Waals surface area (Å²) >= 11 is 0. The first kappa shape index (κ1) is 15.7. The van der Waals surface area contributed by atoms with Crippen molar-refractivity contribution in [3.05, 3.63) is 71.3 Å². The number of aliphatic hydroxyl groups is 1. The van der Waals surface area contributed by atoms with Crippen LogP contribution in [0.3, 0.4) is 0 Å². The Labute approximate surface area is 126 Å². The maximum atomic E-state index is 9.80. The molecular formula is C18H23NO2. The number of ether oxygens (including phenoxy) is 1. The summed E-state index contributed by atoms with van der Waals surface area (Å²) in [7, 11) is 1.70. The third-order valence-electron chi connectivity index (χ3n) is 3.81. The molecule has 2 aromatic rings. The summed E-state index contributed by atoms with van der Waals surface area (Å²) in [4.78, 5) is 0. The second-order valence-electron chi connectivity index (χ2n) is 5.41. The van der Waals surface area contributed by atoms with Gasteiger partial charge in [0.25, 0.3) is 0 Å². The van der Waals surface area contributed by atoms with Crippen molar-refractivity contribution in [1.82, 2.24) is 5.32 Å². The van der Waals surface area contributed by atoms with Crippen LogP contribution in [0.25, 0.3) is 0 Å². The first-order valence-corrected chi connectivity index (χ1v) is 7.17. The van der Waals surface area contributed by atoms with Crippen molar-refractivity contribution in [1.29, 1.82) is 0 Å². The molecule has 2 aromatic carbocycles. The molecule has 0 spiro atoms. The Bertz CT molecular complexity index is 556. The number of rotatable bonds is 7. The zero-order chi connectivity index (χ0) is 15.1. The third kappa shape index (κ3) is 3.91. The molecule has 0 amide bonds. The molecule has 3 heteroatoms. The van der Waals surface area contributed by atoms with Crippen LogP contribution in [0.15, 0.2) is 54.6 Å². The van der Waals surface area contributed by atoms with Crippen LogP contribution in [0, 0.1) is 0 Å². The van der Waals surface area contributed by atoms with E-state index in [1.807, 2.05) is 49.4 Å². The van der Waals surface area contributed by atoms with Gasteiger partial charge in [-0.2, -0.15) is 0 Å². The number of hydrogen-bond acceptors (Lipinski definition) is 3. The van der Waals surface area contributed by atoms with Gasteiger partial charge in [0.05, 0.1) is 18.8 Å². The molecule has 0 aliphatic rings. The molecule has 1 unspecified atom stereocenters. The molecule has 0 aliphatic carbocycles. The van der Waals surface area contributed by atoms with Crippen LogP contribution in [0.2, 0.25) is 0 Å². The predicted molar refractivity (Wildman–Crippen MR) is 84.9 cm³/mol. The molecule has 0 aromatic heterocycles. The first-order valence-electron chi connectivity index (χ1n) is 7.17. The number of aliphatic hydroxyl groups excluding tert-OH is 1. The summed E-state index contributed by atoms with van der Waals surface area (Å²) in [5.74, 6) is 0. The fourth-order valence-electron chi connectivity index (χ4n) is 2.37. The minimum atomic E-state index is -0.457. The van der Waals surface area contributed by atoms with Gasteiger partial charge in [-0.05, 0) is 23.6 Å². The summed E-state index contributed by atoms with van der Waals surface area (Å²) in [5, 5.41) is 13.3. The van der Waals surface area contributed by atoms with Gasteiger partial charge in [0, 0.05) is 13.7 Å². The van der Waals surface area contributed by atoms with Crippen LogP contribution in [-0.2, 0) is 23.4 Å². The largest absolute Gasteiger partial charge is 0.394 e. The maximum Gasteiger partial charge on any atom is 0.0716 e. The molecule has 2 N–H and O–H groups in total. The molecule has 1 atom stereocenters. The second-order valence-corrected chi connectivity index (χ2v) is 5.41. The zero-order valence-corrected chi connectivity index (χ0v) is 12.7. The van der Waals surface area contributed by atoms with Crippen molar-refractivity contribution in [3.8, 4) is 0 Å². The summed E-state index contributed by atoms with van der Waals surface area (Å²) in [6.45, 7) is 3.34. The van der Waals surface area contributed by atoms with Gasteiger partial charge >= 0.3 is 0 Å². The molecule has 0 heterocycles. The van der Waals surface area contributed by atoms with Gasteiger partial charge in [-0.1, -0.05) is 54.6 Å². The highest BCUT2D eigenvalue weighted by Gasteiger charge is 2.24. The van der Waals surface area contributed by atoms with Gasteiger partial charge in [0.15, 0.2) is 0 Å². The highest BCUT2D eigenvalue weighted by atomic mass is 16.5. The van der Waals surface area contributed by atoms with E-state index in [4.69, 9.17) is 4.74 Å². The number of methoxy groups -OCH3 is 1. The normalized spacial score (nSPS) is 13.9. The maximum absolute atomic E-state index is 9.80. The van der Waals surface area contributed by atoms with E-state index in [-0.39, 0.29) is 6.61 Å². The number of benzene rings is 2. The summed E-state index contributed by atoms with van der Waals surface area (Å²) in [5.41, 5.74) is 2.98. The van der Waals surface area contributed by atoms with E-state index in [1.165, 1.54) is 11.1 Å². The molecule has 21 heavy (non-hydrogen) atoms. The van der Waals surface area contributed by atoms with Crippen LogP contribution < -0.4 is 5.32 Å². The van der Waals surface area contributed by atoms with E-state index in [1.54, 1.807) is 7.11 Å². The molecule has 0 aliphatic heterocycles. The number of nitrogens with one attached hydrogen (secondary N) is 1. The van der Waals surface area contributed by atoms with Gasteiger partial charge in [-0.25, -0.2) is 0 Å².